The number of hydrogen-bond donors (Lipinski definition) is 0. The molecule has 4 rings (SSSR count). The van der Waals surface area contributed by atoms with Gasteiger partial charge in [-0.1, -0.05) is 23.7 Å². The van der Waals surface area contributed by atoms with Crippen molar-refractivity contribution < 1.29 is 4.79 Å². The minimum atomic E-state index is -0.179. The average molecular weight is 358 g/mol. The van der Waals surface area contributed by atoms with Crippen LogP contribution < -0.4 is 0 Å². The maximum atomic E-state index is 13.1. The SMILES string of the molecule is N#Cc1cc(C(=O)c2ccc(Cl)cc2)n2c(-c3ccccn3)cccc12. The third-order valence-corrected chi connectivity index (χ3v) is 4.43. The van der Waals surface area contributed by atoms with Crippen molar-refractivity contribution in [2.24, 2.45) is 0 Å². The number of pyridine rings is 2. The monoisotopic (exact) mass is 357 g/mol. The first-order valence-electron chi connectivity index (χ1n) is 7.95. The maximum absolute atomic E-state index is 13.1. The van der Waals surface area contributed by atoms with Crippen molar-refractivity contribution in [3.05, 3.63) is 94.8 Å². The van der Waals surface area contributed by atoms with Gasteiger partial charge in [0.15, 0.2) is 0 Å². The summed E-state index contributed by atoms with van der Waals surface area (Å²) in [4.78, 5) is 17.5. The molecule has 0 aliphatic rings. The molecule has 0 radical (unpaired) electrons. The van der Waals surface area contributed by atoms with Gasteiger partial charge in [0.25, 0.3) is 0 Å². The molecule has 1 aromatic carbocycles. The van der Waals surface area contributed by atoms with Gasteiger partial charge in [0.2, 0.25) is 5.78 Å². The van der Waals surface area contributed by atoms with Crippen molar-refractivity contribution in [1.82, 2.24) is 9.38 Å². The predicted octanol–water partition coefficient (Wildman–Crippen LogP) is 4.76. The van der Waals surface area contributed by atoms with Gasteiger partial charge < -0.3 is 4.40 Å². The van der Waals surface area contributed by atoms with E-state index >= 15 is 0 Å². The lowest BCUT2D eigenvalue weighted by atomic mass is 10.1. The Kier molecular flexibility index (Phi) is 4.00. The second-order valence-electron chi connectivity index (χ2n) is 5.74. The van der Waals surface area contributed by atoms with Gasteiger partial charge >= 0.3 is 0 Å². The lowest BCUT2D eigenvalue weighted by molar-refractivity contribution is 0.103. The number of rotatable bonds is 3. The highest BCUT2D eigenvalue weighted by Gasteiger charge is 2.19. The minimum absolute atomic E-state index is 0.179. The summed E-state index contributed by atoms with van der Waals surface area (Å²) >= 11 is 5.92. The first-order valence-corrected chi connectivity index (χ1v) is 8.33. The first kappa shape index (κ1) is 16.1. The van der Waals surface area contributed by atoms with E-state index in [0.29, 0.717) is 27.4 Å². The van der Waals surface area contributed by atoms with E-state index in [9.17, 15) is 10.1 Å². The highest BCUT2D eigenvalue weighted by Crippen LogP contribution is 2.26. The molecule has 0 saturated carbocycles. The summed E-state index contributed by atoms with van der Waals surface area (Å²) in [5.41, 5.74) is 3.52. The van der Waals surface area contributed by atoms with E-state index in [1.54, 1.807) is 40.9 Å². The molecular formula is C21H12ClN3O. The summed E-state index contributed by atoms with van der Waals surface area (Å²) in [6.45, 7) is 0. The van der Waals surface area contributed by atoms with Crippen molar-refractivity contribution in [3.63, 3.8) is 0 Å². The maximum Gasteiger partial charge on any atom is 0.209 e. The molecule has 3 heterocycles. The zero-order valence-corrected chi connectivity index (χ0v) is 14.3. The second-order valence-corrected chi connectivity index (χ2v) is 6.17. The van der Waals surface area contributed by atoms with Crippen molar-refractivity contribution in [2.75, 3.05) is 0 Å². The van der Waals surface area contributed by atoms with Crippen LogP contribution in [0.1, 0.15) is 21.6 Å². The fourth-order valence-corrected chi connectivity index (χ4v) is 3.10. The van der Waals surface area contributed by atoms with E-state index < -0.39 is 0 Å². The highest BCUT2D eigenvalue weighted by molar-refractivity contribution is 6.30. The number of carbonyl (C=O) groups is 1. The summed E-state index contributed by atoms with van der Waals surface area (Å²) in [5.74, 6) is -0.179. The molecule has 0 N–H and O–H groups in total. The van der Waals surface area contributed by atoms with Gasteiger partial charge in [0.05, 0.1) is 28.2 Å². The van der Waals surface area contributed by atoms with E-state index in [1.165, 1.54) is 0 Å². The summed E-state index contributed by atoms with van der Waals surface area (Å²) in [6, 6.07) is 21.7. The van der Waals surface area contributed by atoms with Crippen LogP contribution in [0.2, 0.25) is 5.02 Å². The molecule has 4 nitrogen and oxygen atoms in total. The van der Waals surface area contributed by atoms with Crippen LogP contribution in [0.4, 0.5) is 0 Å². The lowest BCUT2D eigenvalue weighted by Gasteiger charge is -2.09. The Bertz CT molecular complexity index is 1160. The highest BCUT2D eigenvalue weighted by atomic mass is 35.5. The van der Waals surface area contributed by atoms with Gasteiger partial charge in [-0.2, -0.15) is 5.26 Å². The number of halogens is 1. The average Bonchev–Trinajstić information content (AvgIpc) is 3.07. The van der Waals surface area contributed by atoms with E-state index in [1.807, 2.05) is 36.4 Å². The fraction of sp³-hybridized carbons (Fsp3) is 0. The normalized spacial score (nSPS) is 10.6. The predicted molar refractivity (Wildman–Crippen MR) is 100 cm³/mol. The van der Waals surface area contributed by atoms with Crippen LogP contribution in [0.25, 0.3) is 16.9 Å². The van der Waals surface area contributed by atoms with Gasteiger partial charge in [-0.15, -0.1) is 0 Å². The first-order chi connectivity index (χ1) is 12.7. The molecule has 124 valence electrons. The quantitative estimate of drug-likeness (QED) is 0.497. The van der Waals surface area contributed by atoms with Gasteiger partial charge in [-0.3, -0.25) is 9.78 Å². The Morgan fingerprint density at radius 2 is 1.85 bits per heavy atom. The zero-order chi connectivity index (χ0) is 18.1. The molecule has 0 amide bonds. The topological polar surface area (TPSA) is 58.2 Å². The molecule has 5 heteroatoms. The molecule has 0 aliphatic heterocycles. The Morgan fingerprint density at radius 1 is 1.04 bits per heavy atom. The smallest absolute Gasteiger partial charge is 0.209 e. The van der Waals surface area contributed by atoms with Crippen LogP contribution in [0.5, 0.6) is 0 Å². The number of fused-ring (bicyclic) bond motifs is 1. The van der Waals surface area contributed by atoms with Crippen molar-refractivity contribution >= 4 is 22.9 Å². The Morgan fingerprint density at radius 3 is 2.54 bits per heavy atom. The number of benzene rings is 1. The summed E-state index contributed by atoms with van der Waals surface area (Å²) in [7, 11) is 0. The zero-order valence-electron chi connectivity index (χ0n) is 13.6. The molecule has 0 fully saturated rings. The molecular weight excluding hydrogens is 346 g/mol. The number of hydrogen-bond acceptors (Lipinski definition) is 3. The lowest BCUT2D eigenvalue weighted by Crippen LogP contribution is -2.07. The molecule has 0 atom stereocenters. The molecule has 4 aromatic rings. The number of nitriles is 1. The Balaban J connectivity index is 1.99. The van der Waals surface area contributed by atoms with E-state index in [4.69, 9.17) is 11.6 Å². The van der Waals surface area contributed by atoms with Crippen LogP contribution in [0, 0.1) is 11.3 Å². The molecule has 26 heavy (non-hydrogen) atoms. The van der Waals surface area contributed by atoms with Crippen LogP contribution in [-0.2, 0) is 0 Å². The van der Waals surface area contributed by atoms with E-state index in [0.717, 1.165) is 11.4 Å². The number of ketones is 1. The molecule has 3 aromatic heterocycles. The Labute approximate surface area is 154 Å². The van der Waals surface area contributed by atoms with Gasteiger partial charge in [0.1, 0.15) is 6.07 Å². The van der Waals surface area contributed by atoms with Crippen LogP contribution >= 0.6 is 11.6 Å². The summed E-state index contributed by atoms with van der Waals surface area (Å²) in [5, 5.41) is 10.1. The third kappa shape index (κ3) is 2.65. The molecule has 0 spiro atoms. The third-order valence-electron chi connectivity index (χ3n) is 4.17. The van der Waals surface area contributed by atoms with Gasteiger partial charge in [-0.05, 0) is 54.6 Å². The van der Waals surface area contributed by atoms with E-state index in [2.05, 4.69) is 11.1 Å². The number of nitrogens with zero attached hydrogens (tertiary/aromatic N) is 3. The molecule has 0 bridgehead atoms. The van der Waals surface area contributed by atoms with E-state index in [-0.39, 0.29) is 5.78 Å². The molecule has 0 saturated heterocycles. The standard InChI is InChI=1S/C21H12ClN3O/c22-16-9-7-14(8-10-16)21(26)20-12-15(13-23)18-5-3-6-19(25(18)20)17-4-1-2-11-24-17/h1-12H. The van der Waals surface area contributed by atoms with Crippen LogP contribution in [0.3, 0.4) is 0 Å². The van der Waals surface area contributed by atoms with Gasteiger partial charge in [0, 0.05) is 16.8 Å². The molecule has 0 aliphatic carbocycles. The summed E-state index contributed by atoms with van der Waals surface area (Å²) < 4.78 is 1.79. The van der Waals surface area contributed by atoms with Crippen LogP contribution in [0.15, 0.2) is 72.9 Å². The Hall–Kier alpha value is -3.42. The second kappa shape index (κ2) is 6.47. The number of aromatic nitrogens is 2. The number of carbonyl (C=O) groups excluding carboxylic acids is 1. The largest absolute Gasteiger partial charge is 0.303 e. The van der Waals surface area contributed by atoms with Crippen molar-refractivity contribution in [2.45, 2.75) is 0 Å². The fourth-order valence-electron chi connectivity index (χ4n) is 2.97. The summed E-state index contributed by atoms with van der Waals surface area (Å²) in [6.07, 6.45) is 1.70. The van der Waals surface area contributed by atoms with Crippen LogP contribution in [-0.4, -0.2) is 15.2 Å². The van der Waals surface area contributed by atoms with Crippen molar-refractivity contribution in [1.29, 1.82) is 5.26 Å². The van der Waals surface area contributed by atoms with Gasteiger partial charge in [-0.25, -0.2) is 0 Å². The molecule has 0 unspecified atom stereocenters. The minimum Gasteiger partial charge on any atom is -0.303 e. The van der Waals surface area contributed by atoms with Crippen molar-refractivity contribution in [3.8, 4) is 17.5 Å².